The topological polar surface area (TPSA) is 34.5 Å². The summed E-state index contributed by atoms with van der Waals surface area (Å²) in [5, 5.41) is 0. The highest BCUT2D eigenvalue weighted by atomic mass is 16.5. The minimum atomic E-state index is 0.0825. The number of carbonyl (C=O) groups is 1. The van der Waals surface area contributed by atoms with Crippen LogP contribution in [0.5, 0.6) is 0 Å². The van der Waals surface area contributed by atoms with Crippen LogP contribution in [0.1, 0.15) is 25.1 Å². The number of ether oxygens (including phenoxy) is 1. The van der Waals surface area contributed by atoms with Gasteiger partial charge in [-0.2, -0.15) is 0 Å². The van der Waals surface area contributed by atoms with Crippen molar-refractivity contribution in [1.82, 2.24) is 9.47 Å². The van der Waals surface area contributed by atoms with Crippen molar-refractivity contribution in [2.45, 2.75) is 19.4 Å². The zero-order valence-electron chi connectivity index (χ0n) is 11.0. The van der Waals surface area contributed by atoms with E-state index in [2.05, 4.69) is 17.6 Å². The molecule has 18 heavy (non-hydrogen) atoms. The van der Waals surface area contributed by atoms with E-state index < -0.39 is 0 Å². The van der Waals surface area contributed by atoms with Gasteiger partial charge in [0.25, 0.3) is 0 Å². The lowest BCUT2D eigenvalue weighted by atomic mass is 10.1. The van der Waals surface area contributed by atoms with E-state index in [4.69, 9.17) is 4.74 Å². The van der Waals surface area contributed by atoms with Crippen molar-refractivity contribution < 1.29 is 9.53 Å². The summed E-state index contributed by atoms with van der Waals surface area (Å²) in [5.74, 6) is 1.14. The first-order valence-corrected chi connectivity index (χ1v) is 6.68. The fourth-order valence-corrected chi connectivity index (χ4v) is 2.81. The van der Waals surface area contributed by atoms with Crippen molar-refractivity contribution >= 4 is 5.91 Å². The van der Waals surface area contributed by atoms with E-state index in [1.165, 1.54) is 0 Å². The van der Waals surface area contributed by atoms with Gasteiger partial charge in [-0.25, -0.2) is 0 Å². The van der Waals surface area contributed by atoms with Crippen LogP contribution in [-0.4, -0.2) is 35.1 Å². The van der Waals surface area contributed by atoms with E-state index in [-0.39, 0.29) is 12.0 Å². The molecule has 1 saturated carbocycles. The Bertz CT molecular complexity index is 454. The van der Waals surface area contributed by atoms with Gasteiger partial charge in [0.2, 0.25) is 5.91 Å². The Morgan fingerprint density at radius 1 is 1.50 bits per heavy atom. The average Bonchev–Trinajstić information content (AvgIpc) is 2.95. The van der Waals surface area contributed by atoms with Crippen LogP contribution in [0.25, 0.3) is 0 Å². The molecule has 2 aliphatic rings. The zero-order chi connectivity index (χ0) is 12.7. The number of nitrogens with zero attached hydrogens (tertiary/aromatic N) is 2. The molecule has 0 aromatic carbocycles. The molecular formula is C14H20N2O2. The first-order chi connectivity index (χ1) is 8.68. The normalized spacial score (nSPS) is 31.4. The molecule has 0 bridgehead atoms. The predicted molar refractivity (Wildman–Crippen MR) is 68.0 cm³/mol. The van der Waals surface area contributed by atoms with E-state index >= 15 is 0 Å². The zero-order valence-corrected chi connectivity index (χ0v) is 11.0. The fourth-order valence-electron chi connectivity index (χ4n) is 2.81. The van der Waals surface area contributed by atoms with Crippen molar-refractivity contribution in [3.63, 3.8) is 0 Å². The van der Waals surface area contributed by atoms with Gasteiger partial charge in [0.1, 0.15) is 0 Å². The maximum Gasteiger partial charge on any atom is 0.226 e. The molecule has 0 spiro atoms. The number of aromatic nitrogens is 1. The van der Waals surface area contributed by atoms with Crippen LogP contribution in [0.2, 0.25) is 0 Å². The van der Waals surface area contributed by atoms with Crippen LogP contribution in [0.3, 0.4) is 0 Å². The fraction of sp³-hybridized carbons (Fsp3) is 0.643. The summed E-state index contributed by atoms with van der Waals surface area (Å²) in [7, 11) is 2.02. The quantitative estimate of drug-likeness (QED) is 0.796. The molecule has 3 atom stereocenters. The van der Waals surface area contributed by atoms with Gasteiger partial charge in [0.15, 0.2) is 0 Å². The van der Waals surface area contributed by atoms with Crippen LogP contribution in [0.15, 0.2) is 18.3 Å². The maximum absolute atomic E-state index is 12.4. The third-order valence-corrected chi connectivity index (χ3v) is 4.16. The third kappa shape index (κ3) is 1.94. The minimum absolute atomic E-state index is 0.0825. The second-order valence-electron chi connectivity index (χ2n) is 5.49. The third-order valence-electron chi connectivity index (χ3n) is 4.16. The summed E-state index contributed by atoms with van der Waals surface area (Å²) in [6.07, 6.45) is 3.07. The Kier molecular flexibility index (Phi) is 2.90. The number of aryl methyl sites for hydroxylation is 1. The molecule has 2 fully saturated rings. The molecule has 3 unspecified atom stereocenters. The Hall–Kier alpha value is -1.29. The molecule has 4 nitrogen and oxygen atoms in total. The molecular weight excluding hydrogens is 228 g/mol. The lowest BCUT2D eigenvalue weighted by Gasteiger charge is -2.36. The van der Waals surface area contributed by atoms with E-state index in [0.717, 1.165) is 18.7 Å². The van der Waals surface area contributed by atoms with Crippen molar-refractivity contribution in [1.29, 1.82) is 0 Å². The van der Waals surface area contributed by atoms with Crippen LogP contribution in [-0.2, 0) is 16.6 Å². The van der Waals surface area contributed by atoms with Gasteiger partial charge in [-0.15, -0.1) is 0 Å². The summed E-state index contributed by atoms with van der Waals surface area (Å²) in [6.45, 7) is 4.15. The second kappa shape index (κ2) is 4.43. The maximum atomic E-state index is 12.4. The summed E-state index contributed by atoms with van der Waals surface area (Å²) in [4.78, 5) is 14.5. The lowest BCUT2D eigenvalue weighted by Crippen LogP contribution is -2.44. The van der Waals surface area contributed by atoms with Gasteiger partial charge < -0.3 is 14.2 Å². The van der Waals surface area contributed by atoms with E-state index in [1.54, 1.807) is 0 Å². The van der Waals surface area contributed by atoms with Gasteiger partial charge in [-0.05, 0) is 24.5 Å². The molecule has 1 saturated heterocycles. The van der Waals surface area contributed by atoms with Crippen LogP contribution < -0.4 is 0 Å². The first-order valence-electron chi connectivity index (χ1n) is 6.68. The molecule has 0 N–H and O–H groups in total. The summed E-state index contributed by atoms with van der Waals surface area (Å²) in [6, 6.07) is 4.18. The van der Waals surface area contributed by atoms with Gasteiger partial charge in [-0.1, -0.05) is 6.92 Å². The van der Waals surface area contributed by atoms with Crippen LogP contribution >= 0.6 is 0 Å². The molecule has 2 heterocycles. The lowest BCUT2D eigenvalue weighted by molar-refractivity contribution is -0.142. The van der Waals surface area contributed by atoms with Gasteiger partial charge >= 0.3 is 0 Å². The predicted octanol–water partition coefficient (Wildman–Crippen LogP) is 1.58. The van der Waals surface area contributed by atoms with Crippen molar-refractivity contribution in [3.05, 3.63) is 24.0 Å². The molecule has 1 aliphatic carbocycles. The highest BCUT2D eigenvalue weighted by molar-refractivity contribution is 5.82. The van der Waals surface area contributed by atoms with Gasteiger partial charge in [-0.3, -0.25) is 4.79 Å². The first kappa shape index (κ1) is 11.8. The molecule has 1 aromatic heterocycles. The summed E-state index contributed by atoms with van der Waals surface area (Å²) in [5.41, 5.74) is 1.16. The molecule has 4 heteroatoms. The number of carbonyl (C=O) groups excluding carboxylic acids is 1. The number of hydrogen-bond acceptors (Lipinski definition) is 2. The molecule has 0 radical (unpaired) electrons. The Morgan fingerprint density at radius 3 is 2.89 bits per heavy atom. The van der Waals surface area contributed by atoms with E-state index in [9.17, 15) is 4.79 Å². The number of rotatable bonds is 2. The summed E-state index contributed by atoms with van der Waals surface area (Å²) < 4.78 is 7.64. The SMILES string of the molecule is CC1CC1C(=O)N1CCOCC1c1cccn1C. The molecule has 3 rings (SSSR count). The van der Waals surface area contributed by atoms with Crippen molar-refractivity contribution in [2.75, 3.05) is 19.8 Å². The molecule has 1 aliphatic heterocycles. The van der Waals surface area contributed by atoms with Crippen LogP contribution in [0, 0.1) is 11.8 Å². The Balaban J connectivity index is 1.82. The highest BCUT2D eigenvalue weighted by Gasteiger charge is 2.44. The molecule has 1 aromatic rings. The standard InChI is InChI=1S/C14H20N2O2/c1-10-8-11(10)14(17)16-6-7-18-9-13(16)12-4-3-5-15(12)2/h3-5,10-11,13H,6-9H2,1-2H3. The average molecular weight is 248 g/mol. The molecule has 98 valence electrons. The number of hydrogen-bond donors (Lipinski definition) is 0. The van der Waals surface area contributed by atoms with Crippen molar-refractivity contribution in [3.8, 4) is 0 Å². The van der Waals surface area contributed by atoms with Gasteiger partial charge in [0, 0.05) is 31.4 Å². The largest absolute Gasteiger partial charge is 0.377 e. The highest BCUT2D eigenvalue weighted by Crippen LogP contribution is 2.41. The van der Waals surface area contributed by atoms with Crippen LogP contribution in [0.4, 0.5) is 0 Å². The minimum Gasteiger partial charge on any atom is -0.377 e. The smallest absolute Gasteiger partial charge is 0.226 e. The second-order valence-corrected chi connectivity index (χ2v) is 5.49. The van der Waals surface area contributed by atoms with Gasteiger partial charge in [0.05, 0.1) is 19.3 Å². The van der Waals surface area contributed by atoms with Crippen molar-refractivity contribution in [2.24, 2.45) is 18.9 Å². The Morgan fingerprint density at radius 2 is 2.28 bits per heavy atom. The Labute approximate surface area is 108 Å². The van der Waals surface area contributed by atoms with E-state index in [1.807, 2.05) is 24.2 Å². The van der Waals surface area contributed by atoms with E-state index in [0.29, 0.717) is 25.0 Å². The number of amides is 1. The molecule has 1 amide bonds. The monoisotopic (exact) mass is 248 g/mol. The number of morpholine rings is 1. The summed E-state index contributed by atoms with van der Waals surface area (Å²) >= 11 is 0.